The zero-order valence-corrected chi connectivity index (χ0v) is 12.0. The molecule has 0 aliphatic carbocycles. The highest BCUT2D eigenvalue weighted by molar-refractivity contribution is 6.33. The molecule has 0 unspecified atom stereocenters. The van der Waals surface area contributed by atoms with Gasteiger partial charge in [-0.2, -0.15) is 15.0 Å². The van der Waals surface area contributed by atoms with Gasteiger partial charge in [0.25, 0.3) is 0 Å². The van der Waals surface area contributed by atoms with Crippen LogP contribution in [0.4, 0.5) is 16.0 Å². The number of ether oxygens (including phenoxy) is 1. The maximum atomic E-state index is 13.2. The second-order valence-corrected chi connectivity index (χ2v) is 4.55. The molecule has 5 nitrogen and oxygen atoms in total. The van der Waals surface area contributed by atoms with Crippen LogP contribution in [0.15, 0.2) is 18.2 Å². The Labute approximate surface area is 125 Å². The fraction of sp³-hybridized carbons (Fsp3) is 0.250. The number of nitrogens with one attached hydrogen (secondary N) is 1. The molecule has 0 aliphatic heterocycles. The third-order valence-corrected chi connectivity index (χ3v) is 2.70. The van der Waals surface area contributed by atoms with E-state index >= 15 is 0 Å². The molecule has 1 heterocycles. The average molecular weight is 317 g/mol. The minimum absolute atomic E-state index is 0.0267. The Morgan fingerprint density at radius 2 is 2.05 bits per heavy atom. The predicted octanol–water partition coefficient (Wildman–Crippen LogP) is 3.85. The van der Waals surface area contributed by atoms with Crippen molar-refractivity contribution in [1.82, 2.24) is 15.0 Å². The van der Waals surface area contributed by atoms with Crippen LogP contribution >= 0.6 is 23.2 Å². The van der Waals surface area contributed by atoms with Gasteiger partial charge in [-0.25, -0.2) is 4.39 Å². The topological polar surface area (TPSA) is 59.9 Å². The first-order chi connectivity index (χ1) is 9.58. The van der Waals surface area contributed by atoms with Crippen LogP contribution in [0.1, 0.15) is 13.3 Å². The van der Waals surface area contributed by atoms with Crippen LogP contribution in [0, 0.1) is 5.82 Å². The summed E-state index contributed by atoms with van der Waals surface area (Å²) in [7, 11) is 0. The molecule has 1 aromatic carbocycles. The van der Waals surface area contributed by atoms with Gasteiger partial charge in [0.15, 0.2) is 0 Å². The van der Waals surface area contributed by atoms with Crippen molar-refractivity contribution in [3.05, 3.63) is 34.3 Å². The lowest BCUT2D eigenvalue weighted by atomic mass is 10.3. The van der Waals surface area contributed by atoms with Crippen LogP contribution < -0.4 is 10.1 Å². The first-order valence-electron chi connectivity index (χ1n) is 5.85. The van der Waals surface area contributed by atoms with Crippen molar-refractivity contribution < 1.29 is 9.13 Å². The van der Waals surface area contributed by atoms with Crippen molar-refractivity contribution in [1.29, 1.82) is 0 Å². The number of rotatable bonds is 5. The van der Waals surface area contributed by atoms with Crippen molar-refractivity contribution in [2.75, 3.05) is 11.9 Å². The Bertz CT molecular complexity index is 612. The van der Waals surface area contributed by atoms with Gasteiger partial charge in [-0.3, -0.25) is 0 Å². The average Bonchev–Trinajstić information content (AvgIpc) is 2.40. The SMILES string of the molecule is CCCOc1nc(Cl)nc(Nc2cc(F)ccc2Cl)n1. The third-order valence-electron chi connectivity index (χ3n) is 2.20. The summed E-state index contributed by atoms with van der Waals surface area (Å²) in [6.45, 7) is 2.41. The lowest BCUT2D eigenvalue weighted by molar-refractivity contribution is 0.292. The molecular weight excluding hydrogens is 306 g/mol. The van der Waals surface area contributed by atoms with Crippen LogP contribution in [-0.2, 0) is 0 Å². The van der Waals surface area contributed by atoms with E-state index in [1.807, 2.05) is 6.92 Å². The van der Waals surface area contributed by atoms with Gasteiger partial charge in [-0.15, -0.1) is 0 Å². The maximum Gasteiger partial charge on any atom is 0.322 e. The van der Waals surface area contributed by atoms with Gasteiger partial charge < -0.3 is 10.1 Å². The second-order valence-electron chi connectivity index (χ2n) is 3.81. The van der Waals surface area contributed by atoms with Gasteiger partial charge in [-0.1, -0.05) is 18.5 Å². The molecule has 0 amide bonds. The van der Waals surface area contributed by atoms with Gasteiger partial charge in [0.2, 0.25) is 11.2 Å². The molecule has 1 aromatic heterocycles. The van der Waals surface area contributed by atoms with E-state index in [2.05, 4.69) is 20.3 Å². The van der Waals surface area contributed by atoms with Gasteiger partial charge in [-0.05, 0) is 36.2 Å². The largest absolute Gasteiger partial charge is 0.463 e. The maximum absolute atomic E-state index is 13.2. The van der Waals surface area contributed by atoms with Gasteiger partial charge in [0.1, 0.15) is 5.82 Å². The summed E-state index contributed by atoms with van der Waals surface area (Å²) >= 11 is 11.7. The summed E-state index contributed by atoms with van der Waals surface area (Å²) in [6.07, 6.45) is 0.807. The summed E-state index contributed by atoms with van der Waals surface area (Å²) in [5, 5.41) is 3.08. The lowest BCUT2D eigenvalue weighted by Gasteiger charge is -2.08. The molecule has 0 radical (unpaired) electrons. The van der Waals surface area contributed by atoms with E-state index in [1.54, 1.807) is 0 Å². The molecule has 0 spiro atoms. The Morgan fingerprint density at radius 1 is 1.25 bits per heavy atom. The smallest absolute Gasteiger partial charge is 0.322 e. The number of aromatic nitrogens is 3. The van der Waals surface area contributed by atoms with Crippen LogP contribution in [0.3, 0.4) is 0 Å². The minimum Gasteiger partial charge on any atom is -0.463 e. The molecule has 0 aliphatic rings. The Kier molecular flexibility index (Phi) is 4.92. The number of hydrogen-bond acceptors (Lipinski definition) is 5. The Morgan fingerprint density at radius 3 is 2.80 bits per heavy atom. The number of halogens is 3. The lowest BCUT2D eigenvalue weighted by Crippen LogP contribution is -2.05. The van der Waals surface area contributed by atoms with Gasteiger partial charge >= 0.3 is 6.01 Å². The van der Waals surface area contributed by atoms with Crippen LogP contribution in [-0.4, -0.2) is 21.6 Å². The standard InChI is InChI=1S/C12H11Cl2FN4O/c1-2-5-20-12-18-10(14)17-11(19-12)16-9-6-7(15)3-4-8(9)13/h3-4,6H,2,5H2,1H3,(H,16,17,18,19). The second kappa shape index (κ2) is 6.67. The summed E-state index contributed by atoms with van der Waals surface area (Å²) in [5.41, 5.74) is 0.329. The molecular formula is C12H11Cl2FN4O. The monoisotopic (exact) mass is 316 g/mol. The molecule has 2 aromatic rings. The zero-order valence-electron chi connectivity index (χ0n) is 10.5. The normalized spacial score (nSPS) is 10.4. The highest BCUT2D eigenvalue weighted by Crippen LogP contribution is 2.25. The van der Waals surface area contributed by atoms with E-state index in [1.165, 1.54) is 18.2 Å². The molecule has 0 saturated heterocycles. The molecule has 0 saturated carbocycles. The molecule has 0 fully saturated rings. The Hall–Kier alpha value is -1.66. The third kappa shape index (κ3) is 3.91. The summed E-state index contributed by atoms with van der Waals surface area (Å²) in [5.74, 6) is -0.303. The molecule has 106 valence electrons. The highest BCUT2D eigenvalue weighted by atomic mass is 35.5. The fourth-order valence-corrected chi connectivity index (χ4v) is 1.68. The molecule has 0 bridgehead atoms. The number of nitrogens with zero attached hydrogens (tertiary/aromatic N) is 3. The number of anilines is 2. The summed E-state index contributed by atoms with van der Waals surface area (Å²) in [4.78, 5) is 11.7. The molecule has 8 heteroatoms. The van der Waals surface area contributed by atoms with Crippen LogP contribution in [0.5, 0.6) is 6.01 Å². The summed E-state index contributed by atoms with van der Waals surface area (Å²) < 4.78 is 18.4. The number of benzene rings is 1. The zero-order chi connectivity index (χ0) is 14.5. The fourth-order valence-electron chi connectivity index (χ4n) is 1.36. The van der Waals surface area contributed by atoms with Crippen LogP contribution in [0.2, 0.25) is 10.3 Å². The highest BCUT2D eigenvalue weighted by Gasteiger charge is 2.09. The minimum atomic E-state index is -0.431. The molecule has 1 N–H and O–H groups in total. The van der Waals surface area contributed by atoms with Gasteiger partial charge in [0.05, 0.1) is 17.3 Å². The predicted molar refractivity (Wildman–Crippen MR) is 75.3 cm³/mol. The van der Waals surface area contributed by atoms with E-state index in [0.29, 0.717) is 17.3 Å². The van der Waals surface area contributed by atoms with E-state index < -0.39 is 5.82 Å². The first kappa shape index (κ1) is 14.7. The van der Waals surface area contributed by atoms with E-state index in [0.717, 1.165) is 6.42 Å². The van der Waals surface area contributed by atoms with E-state index in [9.17, 15) is 4.39 Å². The molecule has 2 rings (SSSR count). The summed E-state index contributed by atoms with van der Waals surface area (Å²) in [6, 6.07) is 4.01. The van der Waals surface area contributed by atoms with Crippen molar-refractivity contribution in [2.45, 2.75) is 13.3 Å². The number of hydrogen-bond donors (Lipinski definition) is 1. The van der Waals surface area contributed by atoms with E-state index in [4.69, 9.17) is 27.9 Å². The van der Waals surface area contributed by atoms with E-state index in [-0.39, 0.29) is 17.2 Å². The molecule has 20 heavy (non-hydrogen) atoms. The van der Waals surface area contributed by atoms with Crippen molar-refractivity contribution in [3.63, 3.8) is 0 Å². The first-order valence-corrected chi connectivity index (χ1v) is 6.60. The van der Waals surface area contributed by atoms with Crippen molar-refractivity contribution in [3.8, 4) is 6.01 Å². The quantitative estimate of drug-likeness (QED) is 0.907. The van der Waals surface area contributed by atoms with Crippen molar-refractivity contribution in [2.24, 2.45) is 0 Å². The van der Waals surface area contributed by atoms with Crippen molar-refractivity contribution >= 4 is 34.8 Å². The Balaban J connectivity index is 2.24. The van der Waals surface area contributed by atoms with Crippen LogP contribution in [0.25, 0.3) is 0 Å². The molecule has 0 atom stereocenters. The van der Waals surface area contributed by atoms with Gasteiger partial charge in [0, 0.05) is 0 Å².